The summed E-state index contributed by atoms with van der Waals surface area (Å²) in [6, 6.07) is 5.22. The van der Waals surface area contributed by atoms with Crippen LogP contribution in [0.1, 0.15) is 34.6 Å². The molecule has 0 aliphatic rings. The molecule has 0 N–H and O–H groups in total. The van der Waals surface area contributed by atoms with Crippen molar-refractivity contribution in [1.29, 1.82) is 0 Å². The Morgan fingerprint density at radius 3 is 2.20 bits per heavy atom. The molecule has 112 valence electrons. The van der Waals surface area contributed by atoms with Gasteiger partial charge in [-0.05, 0) is 46.8 Å². The van der Waals surface area contributed by atoms with Crippen LogP contribution < -0.4 is 13.9 Å². The minimum atomic E-state index is -2.66. The molecule has 0 aromatic heterocycles. The van der Waals surface area contributed by atoms with Crippen molar-refractivity contribution in [3.8, 4) is 17.2 Å². The summed E-state index contributed by atoms with van der Waals surface area (Å²) in [7, 11) is -2.66. The van der Waals surface area contributed by atoms with E-state index in [2.05, 4.69) is 0 Å². The van der Waals surface area contributed by atoms with Gasteiger partial charge in [0.05, 0.1) is 18.8 Å². The highest BCUT2D eigenvalue weighted by Gasteiger charge is 2.24. The van der Waals surface area contributed by atoms with Crippen LogP contribution in [0, 0.1) is 0 Å². The Bertz CT molecular complexity index is 453. The molecular weight excluding hydrogens is 276 g/mol. The number of benzene rings is 1. The maximum atomic E-state index is 11.9. The number of hydrogen-bond acceptors (Lipinski definition) is 5. The number of hydrogen-bond donors (Lipinski definition) is 0. The molecule has 1 rings (SSSR count). The molecule has 20 heavy (non-hydrogen) atoms. The van der Waals surface area contributed by atoms with Crippen LogP contribution in [0.4, 0.5) is 0 Å². The van der Waals surface area contributed by atoms with Crippen molar-refractivity contribution >= 4 is 9.17 Å². The van der Waals surface area contributed by atoms with Crippen LogP contribution >= 0.6 is 0 Å². The molecular formula is C14H22O5Si. The molecule has 5 nitrogen and oxygen atoms in total. The molecule has 0 fully saturated rings. The summed E-state index contributed by atoms with van der Waals surface area (Å²) < 4.78 is 33.6. The predicted molar refractivity (Wildman–Crippen MR) is 76.7 cm³/mol. The zero-order chi connectivity index (χ0) is 15.2. The molecule has 0 atom stereocenters. The number of ether oxygens (including phenoxy) is 2. The second-order valence-electron chi connectivity index (χ2n) is 5.02. The highest BCUT2D eigenvalue weighted by atomic mass is 28.3. The van der Waals surface area contributed by atoms with E-state index < -0.39 is 14.8 Å². The topological polar surface area (TPSA) is 54.0 Å². The van der Waals surface area contributed by atoms with Gasteiger partial charge in [0.25, 0.3) is 0 Å². The summed E-state index contributed by atoms with van der Waals surface area (Å²) >= 11 is 0. The van der Waals surface area contributed by atoms with Crippen LogP contribution in [0.15, 0.2) is 18.2 Å². The van der Waals surface area contributed by atoms with Crippen molar-refractivity contribution in [3.05, 3.63) is 18.2 Å². The first-order chi connectivity index (χ1) is 9.37. The third-order valence-electron chi connectivity index (χ3n) is 2.11. The SMILES string of the molecule is CCOc1cccc(O[Si](=O)OC(C)(C)C)c1OCC. The second-order valence-corrected chi connectivity index (χ2v) is 5.92. The van der Waals surface area contributed by atoms with Gasteiger partial charge in [0, 0.05) is 0 Å². The minimum Gasteiger partial charge on any atom is -0.491 e. The smallest absolute Gasteiger partial charge is 0.491 e. The van der Waals surface area contributed by atoms with E-state index in [4.69, 9.17) is 18.3 Å². The Morgan fingerprint density at radius 1 is 1.05 bits per heavy atom. The van der Waals surface area contributed by atoms with Gasteiger partial charge in [-0.1, -0.05) is 6.07 Å². The van der Waals surface area contributed by atoms with Crippen LogP contribution in [0.2, 0.25) is 0 Å². The van der Waals surface area contributed by atoms with E-state index in [0.717, 1.165) is 0 Å². The molecule has 0 bridgehead atoms. The van der Waals surface area contributed by atoms with Crippen molar-refractivity contribution in [2.24, 2.45) is 0 Å². The van der Waals surface area contributed by atoms with E-state index in [0.29, 0.717) is 30.5 Å². The fourth-order valence-electron chi connectivity index (χ4n) is 1.49. The molecule has 0 spiro atoms. The van der Waals surface area contributed by atoms with E-state index in [9.17, 15) is 4.46 Å². The Hall–Kier alpha value is -1.56. The van der Waals surface area contributed by atoms with Gasteiger partial charge in [-0.15, -0.1) is 0 Å². The lowest BCUT2D eigenvalue weighted by molar-refractivity contribution is 0.0905. The van der Waals surface area contributed by atoms with Crippen molar-refractivity contribution in [1.82, 2.24) is 0 Å². The number of para-hydroxylation sites is 1. The predicted octanol–water partition coefficient (Wildman–Crippen LogP) is 3.09. The quantitative estimate of drug-likeness (QED) is 0.724. The average Bonchev–Trinajstić information content (AvgIpc) is 2.31. The summed E-state index contributed by atoms with van der Waals surface area (Å²) in [5, 5.41) is 0. The molecule has 1 aromatic carbocycles. The minimum absolute atomic E-state index is 0.367. The molecule has 0 saturated heterocycles. The highest BCUT2D eigenvalue weighted by Crippen LogP contribution is 2.37. The monoisotopic (exact) mass is 298 g/mol. The Balaban J connectivity index is 2.93. The van der Waals surface area contributed by atoms with Gasteiger partial charge in [-0.2, -0.15) is 0 Å². The third kappa shape index (κ3) is 5.20. The van der Waals surface area contributed by atoms with Crippen LogP contribution in [0.25, 0.3) is 0 Å². The lowest BCUT2D eigenvalue weighted by atomic mass is 10.2. The van der Waals surface area contributed by atoms with E-state index in [1.165, 1.54) is 0 Å². The molecule has 0 aliphatic heterocycles. The lowest BCUT2D eigenvalue weighted by Gasteiger charge is -2.20. The molecule has 0 amide bonds. The molecule has 0 radical (unpaired) electrons. The summed E-state index contributed by atoms with van der Waals surface area (Å²) in [4.78, 5) is 0. The zero-order valence-corrected chi connectivity index (χ0v) is 13.7. The van der Waals surface area contributed by atoms with Crippen molar-refractivity contribution < 1.29 is 22.8 Å². The maximum absolute atomic E-state index is 11.9. The van der Waals surface area contributed by atoms with E-state index in [1.54, 1.807) is 18.2 Å². The molecule has 6 heteroatoms. The Kier molecular flexibility index (Phi) is 6.00. The standard InChI is InChI=1S/C14H22O5Si/c1-6-16-11-9-8-10-12(13(11)17-7-2)18-20(15)19-14(3,4)5/h8-10H,6-7H2,1-5H3. The normalized spacial score (nSPS) is 10.8. The Labute approximate surface area is 121 Å². The molecule has 0 heterocycles. The van der Waals surface area contributed by atoms with Crippen LogP contribution in [0.5, 0.6) is 17.2 Å². The van der Waals surface area contributed by atoms with Crippen LogP contribution in [-0.2, 0) is 8.89 Å². The molecule has 0 unspecified atom stereocenters. The van der Waals surface area contributed by atoms with Gasteiger partial charge in [0.1, 0.15) is 0 Å². The van der Waals surface area contributed by atoms with Crippen molar-refractivity contribution in [2.45, 2.75) is 40.2 Å². The van der Waals surface area contributed by atoms with Gasteiger partial charge < -0.3 is 18.3 Å². The lowest BCUT2D eigenvalue weighted by Crippen LogP contribution is -2.29. The number of rotatable bonds is 7. The second kappa shape index (κ2) is 7.28. The van der Waals surface area contributed by atoms with Gasteiger partial charge in [-0.25, -0.2) is 0 Å². The van der Waals surface area contributed by atoms with E-state index in [1.807, 2.05) is 34.6 Å². The first-order valence-electron chi connectivity index (χ1n) is 6.66. The molecule has 0 aliphatic carbocycles. The molecule has 0 saturated carbocycles. The fraction of sp³-hybridized carbons (Fsp3) is 0.571. The van der Waals surface area contributed by atoms with Crippen LogP contribution in [-0.4, -0.2) is 28.0 Å². The first kappa shape index (κ1) is 16.5. The summed E-state index contributed by atoms with van der Waals surface area (Å²) in [5.74, 6) is 1.39. The first-order valence-corrected chi connectivity index (χ1v) is 7.89. The van der Waals surface area contributed by atoms with Gasteiger partial charge in [0.2, 0.25) is 5.75 Å². The van der Waals surface area contributed by atoms with E-state index >= 15 is 0 Å². The van der Waals surface area contributed by atoms with E-state index in [-0.39, 0.29) is 0 Å². The zero-order valence-electron chi connectivity index (χ0n) is 12.7. The summed E-state index contributed by atoms with van der Waals surface area (Å²) in [6.07, 6.45) is 0. The fourth-order valence-corrected chi connectivity index (χ4v) is 2.37. The van der Waals surface area contributed by atoms with Gasteiger partial charge in [0.15, 0.2) is 11.5 Å². The maximum Gasteiger partial charge on any atom is 0.773 e. The molecule has 1 aromatic rings. The Morgan fingerprint density at radius 2 is 1.65 bits per heavy atom. The highest BCUT2D eigenvalue weighted by molar-refractivity contribution is 6.27. The summed E-state index contributed by atoms with van der Waals surface area (Å²) in [5.41, 5.74) is -0.528. The van der Waals surface area contributed by atoms with Crippen LogP contribution in [0.3, 0.4) is 0 Å². The van der Waals surface area contributed by atoms with Gasteiger partial charge >= 0.3 is 9.17 Å². The van der Waals surface area contributed by atoms with Crippen molar-refractivity contribution in [2.75, 3.05) is 13.2 Å². The van der Waals surface area contributed by atoms with Crippen molar-refractivity contribution in [3.63, 3.8) is 0 Å². The average molecular weight is 298 g/mol. The largest absolute Gasteiger partial charge is 0.773 e. The van der Waals surface area contributed by atoms with Gasteiger partial charge in [-0.3, -0.25) is 4.46 Å². The summed E-state index contributed by atoms with van der Waals surface area (Å²) in [6.45, 7) is 10.2. The third-order valence-corrected chi connectivity index (χ3v) is 3.28.